The highest BCUT2D eigenvalue weighted by Gasteiger charge is 2.26. The van der Waals surface area contributed by atoms with E-state index in [1.54, 1.807) is 4.90 Å². The summed E-state index contributed by atoms with van der Waals surface area (Å²) in [5.41, 5.74) is 1.10. The molecule has 0 bridgehead atoms. The van der Waals surface area contributed by atoms with Crippen LogP contribution in [0.4, 0.5) is 10.2 Å². The van der Waals surface area contributed by atoms with Gasteiger partial charge < -0.3 is 15.0 Å². The molecule has 2 heterocycles. The van der Waals surface area contributed by atoms with Gasteiger partial charge in [-0.1, -0.05) is 24.3 Å². The summed E-state index contributed by atoms with van der Waals surface area (Å²) in [7, 11) is 0. The number of carbonyl (C=O) groups excluding carboxylic acids is 2. The van der Waals surface area contributed by atoms with Crippen molar-refractivity contribution < 1.29 is 18.7 Å². The minimum atomic E-state index is -0.529. The Balaban J connectivity index is 1.71. The van der Waals surface area contributed by atoms with Gasteiger partial charge in [0.1, 0.15) is 17.2 Å². The number of para-hydroxylation sites is 1. The van der Waals surface area contributed by atoms with Crippen LogP contribution in [0.3, 0.4) is 0 Å². The molecule has 0 aliphatic carbocycles. The summed E-state index contributed by atoms with van der Waals surface area (Å²) in [6.07, 6.45) is 1.44. The van der Waals surface area contributed by atoms with Crippen LogP contribution in [0, 0.1) is 5.82 Å². The molecular formula is C21H19FN4O3. The number of nitrogens with zero attached hydrogens (tertiary/aromatic N) is 3. The van der Waals surface area contributed by atoms with E-state index in [1.807, 2.05) is 30.3 Å². The maximum Gasteiger partial charge on any atom is 0.259 e. The first-order chi connectivity index (χ1) is 14.1. The van der Waals surface area contributed by atoms with E-state index < -0.39 is 11.7 Å². The van der Waals surface area contributed by atoms with Crippen molar-refractivity contribution in [2.24, 2.45) is 0 Å². The zero-order valence-electron chi connectivity index (χ0n) is 15.5. The first kappa shape index (κ1) is 18.8. The molecule has 0 spiro atoms. The maximum atomic E-state index is 13.5. The summed E-state index contributed by atoms with van der Waals surface area (Å²) in [5.74, 6) is -1.05. The molecule has 148 valence electrons. The molecule has 29 heavy (non-hydrogen) atoms. The molecule has 1 aliphatic heterocycles. The molecule has 1 aromatic heterocycles. The average Bonchev–Trinajstić information content (AvgIpc) is 3.18. The fourth-order valence-electron chi connectivity index (χ4n) is 3.14. The first-order valence-electron chi connectivity index (χ1n) is 9.21. The molecule has 3 aromatic rings. The molecular weight excluding hydrogens is 375 g/mol. The van der Waals surface area contributed by atoms with E-state index in [0.29, 0.717) is 32.0 Å². The summed E-state index contributed by atoms with van der Waals surface area (Å²) < 4.78 is 20.3. The van der Waals surface area contributed by atoms with Gasteiger partial charge in [0.05, 0.1) is 25.1 Å². The van der Waals surface area contributed by atoms with Crippen molar-refractivity contribution in [2.45, 2.75) is 0 Å². The molecule has 0 saturated carbocycles. The van der Waals surface area contributed by atoms with E-state index in [-0.39, 0.29) is 22.9 Å². The number of rotatable bonds is 4. The monoisotopic (exact) mass is 394 g/mol. The normalized spacial score (nSPS) is 13.9. The molecule has 1 N–H and O–H groups in total. The maximum absolute atomic E-state index is 13.5. The van der Waals surface area contributed by atoms with Crippen molar-refractivity contribution in [1.82, 2.24) is 14.7 Å². The lowest BCUT2D eigenvalue weighted by Gasteiger charge is -2.26. The second-order valence-corrected chi connectivity index (χ2v) is 6.52. The molecule has 2 amide bonds. The fraction of sp³-hybridized carbons (Fsp3) is 0.190. The standard InChI is InChI=1S/C21H19FN4O3/c22-16-6-4-5-15(13-16)20(27)24-19-18(21(28)25-9-11-29-12-10-25)14-23-26(19)17-7-2-1-3-8-17/h1-8,13-14H,9-12H2,(H,24,27). The minimum absolute atomic E-state index is 0.149. The van der Waals surface area contributed by atoms with E-state index in [2.05, 4.69) is 10.4 Å². The highest BCUT2D eigenvalue weighted by Crippen LogP contribution is 2.23. The number of anilines is 1. The SMILES string of the molecule is O=C(Nc1c(C(=O)N2CCOCC2)cnn1-c1ccccc1)c1cccc(F)c1. The number of nitrogens with one attached hydrogen (secondary N) is 1. The van der Waals surface area contributed by atoms with Crippen molar-refractivity contribution in [3.8, 4) is 5.69 Å². The molecule has 7 nitrogen and oxygen atoms in total. The zero-order chi connectivity index (χ0) is 20.2. The Morgan fingerprint density at radius 2 is 1.79 bits per heavy atom. The lowest BCUT2D eigenvalue weighted by Crippen LogP contribution is -2.40. The van der Waals surface area contributed by atoms with Gasteiger partial charge in [0, 0.05) is 18.7 Å². The predicted octanol–water partition coefficient (Wildman–Crippen LogP) is 2.74. The van der Waals surface area contributed by atoms with Gasteiger partial charge in [-0.05, 0) is 30.3 Å². The van der Waals surface area contributed by atoms with Crippen LogP contribution in [0.15, 0.2) is 60.8 Å². The van der Waals surface area contributed by atoms with E-state index in [0.717, 1.165) is 6.07 Å². The summed E-state index contributed by atoms with van der Waals surface area (Å²) in [6, 6.07) is 14.5. The second kappa shape index (κ2) is 8.24. The molecule has 1 saturated heterocycles. The van der Waals surface area contributed by atoms with Crippen LogP contribution in [0.5, 0.6) is 0 Å². The summed E-state index contributed by atoms with van der Waals surface area (Å²) in [5, 5.41) is 7.05. The number of aromatic nitrogens is 2. The largest absolute Gasteiger partial charge is 0.378 e. The highest BCUT2D eigenvalue weighted by atomic mass is 19.1. The van der Waals surface area contributed by atoms with Crippen molar-refractivity contribution in [1.29, 1.82) is 0 Å². The van der Waals surface area contributed by atoms with Crippen LogP contribution in [-0.2, 0) is 4.74 Å². The Kier molecular flexibility index (Phi) is 5.35. The number of amides is 2. The van der Waals surface area contributed by atoms with E-state index in [1.165, 1.54) is 29.1 Å². The van der Waals surface area contributed by atoms with Crippen LogP contribution >= 0.6 is 0 Å². The number of carbonyl (C=O) groups is 2. The lowest BCUT2D eigenvalue weighted by molar-refractivity contribution is 0.0303. The van der Waals surface area contributed by atoms with Gasteiger partial charge in [0.15, 0.2) is 0 Å². The smallest absolute Gasteiger partial charge is 0.259 e. The molecule has 1 aliphatic rings. The first-order valence-corrected chi connectivity index (χ1v) is 9.21. The van der Waals surface area contributed by atoms with Gasteiger partial charge in [0.2, 0.25) is 0 Å². The molecule has 2 aromatic carbocycles. The van der Waals surface area contributed by atoms with Crippen LogP contribution in [0.1, 0.15) is 20.7 Å². The topological polar surface area (TPSA) is 76.5 Å². The van der Waals surface area contributed by atoms with Crippen LogP contribution in [-0.4, -0.2) is 52.8 Å². The highest BCUT2D eigenvalue weighted by molar-refractivity contribution is 6.08. The number of halogens is 1. The van der Waals surface area contributed by atoms with Crippen molar-refractivity contribution >= 4 is 17.6 Å². The van der Waals surface area contributed by atoms with Gasteiger partial charge in [-0.3, -0.25) is 9.59 Å². The third kappa shape index (κ3) is 4.02. The average molecular weight is 394 g/mol. The Morgan fingerprint density at radius 1 is 1.03 bits per heavy atom. The van der Waals surface area contributed by atoms with Crippen LogP contribution in [0.25, 0.3) is 5.69 Å². The van der Waals surface area contributed by atoms with Crippen LogP contribution in [0.2, 0.25) is 0 Å². The van der Waals surface area contributed by atoms with Crippen molar-refractivity contribution in [2.75, 3.05) is 31.6 Å². The fourth-order valence-corrected chi connectivity index (χ4v) is 3.14. The molecule has 4 rings (SSSR count). The summed E-state index contributed by atoms with van der Waals surface area (Å²) in [6.45, 7) is 1.85. The summed E-state index contributed by atoms with van der Waals surface area (Å²) >= 11 is 0. The Hall–Kier alpha value is -3.52. The van der Waals surface area contributed by atoms with Crippen LogP contribution < -0.4 is 5.32 Å². The number of hydrogen-bond donors (Lipinski definition) is 1. The molecule has 0 unspecified atom stereocenters. The van der Waals surface area contributed by atoms with Gasteiger partial charge in [-0.2, -0.15) is 5.10 Å². The van der Waals surface area contributed by atoms with E-state index in [9.17, 15) is 14.0 Å². The third-order valence-electron chi connectivity index (χ3n) is 4.62. The molecule has 0 radical (unpaired) electrons. The van der Waals surface area contributed by atoms with Crippen molar-refractivity contribution in [3.05, 3.63) is 77.7 Å². The van der Waals surface area contributed by atoms with E-state index in [4.69, 9.17) is 4.74 Å². The number of benzene rings is 2. The van der Waals surface area contributed by atoms with Gasteiger partial charge in [-0.15, -0.1) is 0 Å². The van der Waals surface area contributed by atoms with E-state index >= 15 is 0 Å². The molecule has 1 fully saturated rings. The Morgan fingerprint density at radius 3 is 2.52 bits per heavy atom. The van der Waals surface area contributed by atoms with Gasteiger partial charge in [0.25, 0.3) is 11.8 Å². The number of hydrogen-bond acceptors (Lipinski definition) is 4. The summed E-state index contributed by atoms with van der Waals surface area (Å²) in [4.78, 5) is 27.4. The van der Waals surface area contributed by atoms with Gasteiger partial charge >= 0.3 is 0 Å². The van der Waals surface area contributed by atoms with Crippen molar-refractivity contribution in [3.63, 3.8) is 0 Å². The predicted molar refractivity (Wildman–Crippen MR) is 105 cm³/mol. The Labute approximate surface area is 166 Å². The number of ether oxygens (including phenoxy) is 1. The lowest BCUT2D eigenvalue weighted by atomic mass is 10.2. The third-order valence-corrected chi connectivity index (χ3v) is 4.62. The van der Waals surface area contributed by atoms with Gasteiger partial charge in [-0.25, -0.2) is 9.07 Å². The minimum Gasteiger partial charge on any atom is -0.378 e. The zero-order valence-corrected chi connectivity index (χ0v) is 15.5. The molecule has 0 atom stereocenters. The molecule has 8 heteroatoms. The quantitative estimate of drug-likeness (QED) is 0.738. The Bertz CT molecular complexity index is 1030. The number of morpholine rings is 1. The second-order valence-electron chi connectivity index (χ2n) is 6.52.